The number of nitrogens with one attached hydrogen (secondary N) is 1. The van der Waals surface area contributed by atoms with Crippen LogP contribution >= 0.6 is 0 Å². The maximum Gasteiger partial charge on any atom is 0.0222 e. The summed E-state index contributed by atoms with van der Waals surface area (Å²) in [5.41, 5.74) is 0. The maximum absolute atomic E-state index is 3.53. The predicted molar refractivity (Wildman–Crippen MR) is 66.6 cm³/mol. The van der Waals surface area contributed by atoms with Gasteiger partial charge >= 0.3 is 0 Å². The van der Waals surface area contributed by atoms with E-state index in [9.17, 15) is 0 Å². The first-order valence-corrected chi connectivity index (χ1v) is 7.09. The lowest BCUT2D eigenvalue weighted by molar-refractivity contribution is 0.0820. The molecule has 16 heavy (non-hydrogen) atoms. The number of rotatable bonds is 3. The monoisotopic (exact) mass is 223 g/mol. The summed E-state index contributed by atoms with van der Waals surface area (Å²) in [5.74, 6) is 1.06. The van der Waals surface area contributed by atoms with E-state index in [0.29, 0.717) is 0 Å². The van der Waals surface area contributed by atoms with Gasteiger partial charge in [0, 0.05) is 45.3 Å². The van der Waals surface area contributed by atoms with Gasteiger partial charge in [0.25, 0.3) is 0 Å². The molecule has 2 aliphatic heterocycles. The first-order valence-electron chi connectivity index (χ1n) is 7.09. The summed E-state index contributed by atoms with van der Waals surface area (Å²) in [7, 11) is 0. The molecule has 2 saturated heterocycles. The van der Waals surface area contributed by atoms with Gasteiger partial charge in [-0.3, -0.25) is 4.90 Å². The molecule has 0 amide bonds. The Hall–Kier alpha value is -0.120. The smallest absolute Gasteiger partial charge is 0.0222 e. The van der Waals surface area contributed by atoms with Gasteiger partial charge in [0.2, 0.25) is 0 Å². The Kier molecular flexibility index (Phi) is 3.46. The second kappa shape index (κ2) is 5.03. The average molecular weight is 223 g/mol. The van der Waals surface area contributed by atoms with E-state index in [1.807, 2.05) is 0 Å². The van der Waals surface area contributed by atoms with Crippen molar-refractivity contribution in [2.45, 2.75) is 31.7 Å². The second-order valence-electron chi connectivity index (χ2n) is 5.78. The van der Waals surface area contributed by atoms with Gasteiger partial charge in [-0.15, -0.1) is 0 Å². The van der Waals surface area contributed by atoms with Crippen molar-refractivity contribution >= 4 is 0 Å². The Balaban J connectivity index is 1.42. The number of hydrogen-bond donors (Lipinski definition) is 1. The normalized spacial score (nSPS) is 34.1. The number of hydrogen-bond acceptors (Lipinski definition) is 3. The molecule has 3 nitrogen and oxygen atoms in total. The number of piperidine rings is 1. The molecule has 0 aromatic heterocycles. The van der Waals surface area contributed by atoms with Crippen molar-refractivity contribution in [1.29, 1.82) is 0 Å². The van der Waals surface area contributed by atoms with Crippen LogP contribution in [-0.4, -0.2) is 61.7 Å². The zero-order valence-electron chi connectivity index (χ0n) is 10.3. The van der Waals surface area contributed by atoms with Crippen molar-refractivity contribution in [2.75, 3.05) is 45.8 Å². The Morgan fingerprint density at radius 2 is 1.81 bits per heavy atom. The third-order valence-electron chi connectivity index (χ3n) is 4.41. The fourth-order valence-electron chi connectivity index (χ4n) is 3.12. The zero-order valence-corrected chi connectivity index (χ0v) is 10.3. The first-order chi connectivity index (χ1) is 7.92. The van der Waals surface area contributed by atoms with E-state index < -0.39 is 0 Å². The van der Waals surface area contributed by atoms with Gasteiger partial charge in [-0.2, -0.15) is 0 Å². The molecule has 92 valence electrons. The van der Waals surface area contributed by atoms with Crippen LogP contribution in [0.25, 0.3) is 0 Å². The Morgan fingerprint density at radius 3 is 2.44 bits per heavy atom. The van der Waals surface area contributed by atoms with Gasteiger partial charge < -0.3 is 10.2 Å². The maximum atomic E-state index is 3.53. The summed E-state index contributed by atoms with van der Waals surface area (Å²) in [5, 5.41) is 3.53. The minimum absolute atomic E-state index is 0.830. The van der Waals surface area contributed by atoms with Gasteiger partial charge in [-0.1, -0.05) is 0 Å². The van der Waals surface area contributed by atoms with Gasteiger partial charge in [-0.05, 0) is 38.1 Å². The Labute approximate surface area is 99.2 Å². The van der Waals surface area contributed by atoms with E-state index in [-0.39, 0.29) is 0 Å². The third-order valence-corrected chi connectivity index (χ3v) is 4.41. The predicted octanol–water partition coefficient (Wildman–Crippen LogP) is 0.766. The second-order valence-corrected chi connectivity index (χ2v) is 5.78. The van der Waals surface area contributed by atoms with E-state index >= 15 is 0 Å². The van der Waals surface area contributed by atoms with E-state index in [1.165, 1.54) is 71.5 Å². The fraction of sp³-hybridized carbons (Fsp3) is 1.00. The number of piperazine rings is 1. The molecule has 0 bridgehead atoms. The van der Waals surface area contributed by atoms with Crippen molar-refractivity contribution in [1.82, 2.24) is 15.1 Å². The molecule has 1 aliphatic carbocycles. The van der Waals surface area contributed by atoms with Crippen LogP contribution in [0.4, 0.5) is 0 Å². The largest absolute Gasteiger partial charge is 0.315 e. The summed E-state index contributed by atoms with van der Waals surface area (Å²) < 4.78 is 0. The average Bonchev–Trinajstić information content (AvgIpc) is 3.15. The summed E-state index contributed by atoms with van der Waals surface area (Å²) in [6, 6.07) is 0.830. The van der Waals surface area contributed by atoms with E-state index in [4.69, 9.17) is 0 Å². The molecule has 0 radical (unpaired) electrons. The Morgan fingerprint density at radius 1 is 1.00 bits per heavy atom. The van der Waals surface area contributed by atoms with E-state index in [2.05, 4.69) is 15.1 Å². The molecule has 3 rings (SSSR count). The lowest BCUT2D eigenvalue weighted by Crippen LogP contribution is -2.54. The molecule has 0 spiro atoms. The van der Waals surface area contributed by atoms with Gasteiger partial charge in [0.15, 0.2) is 0 Å². The highest BCUT2D eigenvalue weighted by Gasteiger charge is 2.28. The highest BCUT2D eigenvalue weighted by molar-refractivity contribution is 4.85. The highest BCUT2D eigenvalue weighted by atomic mass is 15.3. The number of nitrogens with zero attached hydrogens (tertiary/aromatic N) is 2. The standard InChI is InChI=1S/C13H25N3/c1-2-13(10-14-5-1)16-8-6-15(7-9-16)11-12-3-4-12/h12-14H,1-11H2. The van der Waals surface area contributed by atoms with Crippen molar-refractivity contribution in [3.8, 4) is 0 Å². The van der Waals surface area contributed by atoms with Crippen LogP contribution < -0.4 is 5.32 Å². The zero-order chi connectivity index (χ0) is 10.8. The van der Waals surface area contributed by atoms with Crippen LogP contribution in [0.5, 0.6) is 0 Å². The molecule has 0 aromatic carbocycles. The molecule has 1 unspecified atom stereocenters. The molecule has 0 aromatic rings. The molecular formula is C13H25N3. The quantitative estimate of drug-likeness (QED) is 0.762. The van der Waals surface area contributed by atoms with Gasteiger partial charge in [0.1, 0.15) is 0 Å². The van der Waals surface area contributed by atoms with Crippen molar-refractivity contribution in [3.63, 3.8) is 0 Å². The lowest BCUT2D eigenvalue weighted by atomic mass is 10.1. The molecule has 3 fully saturated rings. The van der Waals surface area contributed by atoms with E-state index in [0.717, 1.165) is 12.0 Å². The molecule has 1 N–H and O–H groups in total. The summed E-state index contributed by atoms with van der Waals surface area (Å²) >= 11 is 0. The molecule has 2 heterocycles. The Bertz CT molecular complexity index is 213. The van der Waals surface area contributed by atoms with Crippen molar-refractivity contribution < 1.29 is 0 Å². The highest BCUT2D eigenvalue weighted by Crippen LogP contribution is 2.30. The van der Waals surface area contributed by atoms with Crippen LogP contribution in [0.1, 0.15) is 25.7 Å². The van der Waals surface area contributed by atoms with Crippen LogP contribution in [0.2, 0.25) is 0 Å². The SMILES string of the molecule is C1CNCC(N2CCN(CC3CC3)CC2)C1. The first kappa shape index (κ1) is 11.0. The molecule has 1 atom stereocenters. The van der Waals surface area contributed by atoms with Crippen molar-refractivity contribution in [2.24, 2.45) is 5.92 Å². The van der Waals surface area contributed by atoms with Crippen molar-refractivity contribution in [3.05, 3.63) is 0 Å². The minimum atomic E-state index is 0.830. The summed E-state index contributed by atoms with van der Waals surface area (Å²) in [4.78, 5) is 5.40. The van der Waals surface area contributed by atoms with Gasteiger partial charge in [-0.25, -0.2) is 0 Å². The fourth-order valence-corrected chi connectivity index (χ4v) is 3.12. The molecule has 1 saturated carbocycles. The molecular weight excluding hydrogens is 198 g/mol. The summed E-state index contributed by atoms with van der Waals surface area (Å²) in [6.07, 6.45) is 5.77. The molecule has 3 aliphatic rings. The summed E-state index contributed by atoms with van der Waals surface area (Å²) in [6.45, 7) is 9.08. The van der Waals surface area contributed by atoms with Gasteiger partial charge in [0.05, 0.1) is 0 Å². The van der Waals surface area contributed by atoms with Crippen LogP contribution in [0.3, 0.4) is 0 Å². The van der Waals surface area contributed by atoms with Crippen LogP contribution in [-0.2, 0) is 0 Å². The lowest BCUT2D eigenvalue weighted by Gasteiger charge is -2.41. The molecule has 3 heteroatoms. The van der Waals surface area contributed by atoms with E-state index in [1.54, 1.807) is 0 Å². The van der Waals surface area contributed by atoms with Crippen LogP contribution in [0.15, 0.2) is 0 Å². The topological polar surface area (TPSA) is 18.5 Å². The third kappa shape index (κ3) is 2.76. The minimum Gasteiger partial charge on any atom is -0.315 e. The van der Waals surface area contributed by atoms with Crippen LogP contribution in [0, 0.1) is 5.92 Å².